The number of hydrogen-bond donors (Lipinski definition) is 1. The van der Waals surface area contributed by atoms with Gasteiger partial charge in [0.25, 0.3) is 5.56 Å². The van der Waals surface area contributed by atoms with Gasteiger partial charge in [0.15, 0.2) is 5.82 Å². The van der Waals surface area contributed by atoms with Crippen LogP contribution in [0.25, 0.3) is 11.0 Å². The minimum absolute atomic E-state index is 0.00424. The summed E-state index contributed by atoms with van der Waals surface area (Å²) >= 11 is 5.96. The number of rotatable bonds is 6. The van der Waals surface area contributed by atoms with E-state index in [1.54, 1.807) is 4.57 Å². The smallest absolute Gasteiger partial charge is 0.294 e. The van der Waals surface area contributed by atoms with Crippen LogP contribution in [-0.2, 0) is 17.9 Å². The van der Waals surface area contributed by atoms with Gasteiger partial charge in [-0.1, -0.05) is 65.7 Å². The number of nitrogens with zero attached hydrogens (tertiary/aromatic N) is 3. The Hall–Kier alpha value is -3.64. The molecule has 0 radical (unpaired) electrons. The van der Waals surface area contributed by atoms with Crippen LogP contribution in [0.5, 0.6) is 0 Å². The van der Waals surface area contributed by atoms with Crippen LogP contribution in [0.15, 0.2) is 77.6 Å². The van der Waals surface area contributed by atoms with Crippen LogP contribution < -0.4 is 15.8 Å². The Morgan fingerprint density at radius 3 is 2.53 bits per heavy atom. The van der Waals surface area contributed by atoms with Crippen LogP contribution in [0.3, 0.4) is 0 Å². The van der Waals surface area contributed by atoms with Gasteiger partial charge in [0.2, 0.25) is 5.91 Å². The zero-order valence-electron chi connectivity index (χ0n) is 20.3. The Balaban J connectivity index is 1.38. The average Bonchev–Trinajstić information content (AvgIpc) is 2.91. The van der Waals surface area contributed by atoms with Gasteiger partial charge in [-0.05, 0) is 55.2 Å². The molecule has 4 aromatic rings. The van der Waals surface area contributed by atoms with Gasteiger partial charge < -0.3 is 10.2 Å². The molecule has 6 nitrogen and oxygen atoms in total. The monoisotopic (exact) mass is 500 g/mol. The standard InChI is InChI=1S/C29H29ClN4O2/c1-20-8-10-22(11-9-20)18-34-26-7-3-2-6-25(26)32-27(29(34)36)33-16-4-5-23(19-33)28(35)31-17-21-12-14-24(30)15-13-21/h2-3,6-15,23H,4-5,16-19H2,1H3,(H,31,35). The molecule has 1 atom stereocenters. The topological polar surface area (TPSA) is 67.2 Å². The Kier molecular flexibility index (Phi) is 7.05. The molecular formula is C29H29ClN4O2. The Morgan fingerprint density at radius 1 is 1.03 bits per heavy atom. The van der Waals surface area contributed by atoms with E-state index in [0.29, 0.717) is 37.0 Å². The second kappa shape index (κ2) is 10.5. The quantitative estimate of drug-likeness (QED) is 0.407. The Labute approximate surface area is 215 Å². The van der Waals surface area contributed by atoms with Crippen LogP contribution in [-0.4, -0.2) is 28.5 Å². The SMILES string of the molecule is Cc1ccc(Cn2c(=O)c(N3CCCC(C(=O)NCc4ccc(Cl)cc4)C3)nc3ccccc32)cc1. The number of nitrogens with one attached hydrogen (secondary N) is 1. The average molecular weight is 501 g/mol. The summed E-state index contributed by atoms with van der Waals surface area (Å²) in [5, 5.41) is 3.71. The van der Waals surface area contributed by atoms with Gasteiger partial charge in [-0.15, -0.1) is 0 Å². The number of aromatic nitrogens is 2. The highest BCUT2D eigenvalue weighted by Gasteiger charge is 2.28. The summed E-state index contributed by atoms with van der Waals surface area (Å²) in [5.41, 5.74) is 4.69. The van der Waals surface area contributed by atoms with Gasteiger partial charge in [0, 0.05) is 24.7 Å². The van der Waals surface area contributed by atoms with E-state index < -0.39 is 0 Å². The molecule has 0 saturated carbocycles. The van der Waals surface area contributed by atoms with E-state index in [-0.39, 0.29) is 17.4 Å². The number of aryl methyl sites for hydroxylation is 1. The van der Waals surface area contributed by atoms with Crippen molar-refractivity contribution in [2.24, 2.45) is 5.92 Å². The van der Waals surface area contributed by atoms with Crippen LogP contribution in [0.4, 0.5) is 5.82 Å². The number of anilines is 1. The third-order valence-corrected chi connectivity index (χ3v) is 7.02. The van der Waals surface area contributed by atoms with E-state index in [2.05, 4.69) is 29.6 Å². The summed E-state index contributed by atoms with van der Waals surface area (Å²) in [5.74, 6) is 0.204. The molecule has 5 rings (SSSR count). The normalized spacial score (nSPS) is 15.7. The first-order valence-corrected chi connectivity index (χ1v) is 12.7. The van der Waals surface area contributed by atoms with E-state index in [4.69, 9.17) is 16.6 Å². The predicted octanol–water partition coefficient (Wildman–Crippen LogP) is 4.94. The highest BCUT2D eigenvalue weighted by atomic mass is 35.5. The molecule has 1 N–H and O–H groups in total. The number of fused-ring (bicyclic) bond motifs is 1. The predicted molar refractivity (Wildman–Crippen MR) is 145 cm³/mol. The minimum atomic E-state index is -0.204. The third kappa shape index (κ3) is 5.29. The lowest BCUT2D eigenvalue weighted by atomic mass is 9.97. The van der Waals surface area contributed by atoms with Crippen LogP contribution in [0.1, 0.15) is 29.5 Å². The molecule has 1 aliphatic heterocycles. The van der Waals surface area contributed by atoms with Gasteiger partial charge in [-0.25, -0.2) is 4.98 Å². The van der Waals surface area contributed by atoms with Gasteiger partial charge in [-0.3, -0.25) is 14.2 Å². The summed E-state index contributed by atoms with van der Waals surface area (Å²) in [6, 6.07) is 23.4. The van der Waals surface area contributed by atoms with Crippen molar-refractivity contribution in [3.05, 3.63) is 105 Å². The Morgan fingerprint density at radius 2 is 1.75 bits per heavy atom. The number of carbonyl (C=O) groups is 1. The number of carbonyl (C=O) groups excluding carboxylic acids is 1. The molecule has 1 aromatic heterocycles. The zero-order valence-corrected chi connectivity index (χ0v) is 21.0. The van der Waals surface area contributed by atoms with E-state index in [0.717, 1.165) is 35.0 Å². The first kappa shape index (κ1) is 24.1. The summed E-state index contributed by atoms with van der Waals surface area (Å²) in [7, 11) is 0. The lowest BCUT2D eigenvalue weighted by molar-refractivity contribution is -0.125. The van der Waals surface area contributed by atoms with Crippen LogP contribution in [0.2, 0.25) is 5.02 Å². The number of amides is 1. The maximum absolute atomic E-state index is 13.7. The second-order valence-corrected chi connectivity index (χ2v) is 9.87. The van der Waals surface area contributed by atoms with E-state index >= 15 is 0 Å². The number of hydrogen-bond acceptors (Lipinski definition) is 4. The summed E-state index contributed by atoms with van der Waals surface area (Å²) in [6.07, 6.45) is 1.61. The molecular weight excluding hydrogens is 472 g/mol. The molecule has 0 bridgehead atoms. The number of para-hydroxylation sites is 2. The van der Waals surface area contributed by atoms with Crippen molar-refractivity contribution >= 4 is 34.4 Å². The van der Waals surface area contributed by atoms with Crippen molar-refractivity contribution in [2.75, 3.05) is 18.0 Å². The highest BCUT2D eigenvalue weighted by molar-refractivity contribution is 6.30. The van der Waals surface area contributed by atoms with Gasteiger partial charge in [0.05, 0.1) is 23.5 Å². The highest BCUT2D eigenvalue weighted by Crippen LogP contribution is 2.23. The van der Waals surface area contributed by atoms with E-state index in [9.17, 15) is 9.59 Å². The number of halogens is 1. The minimum Gasteiger partial charge on any atom is -0.352 e. The largest absolute Gasteiger partial charge is 0.352 e. The van der Waals surface area contributed by atoms with Crippen molar-refractivity contribution in [1.29, 1.82) is 0 Å². The molecule has 0 aliphatic carbocycles. The number of benzene rings is 3. The van der Waals surface area contributed by atoms with Gasteiger partial charge >= 0.3 is 0 Å². The molecule has 2 heterocycles. The van der Waals surface area contributed by atoms with E-state index in [1.807, 2.05) is 60.4 Å². The maximum atomic E-state index is 13.7. The van der Waals surface area contributed by atoms with Crippen molar-refractivity contribution in [2.45, 2.75) is 32.9 Å². The third-order valence-electron chi connectivity index (χ3n) is 6.77. The Bertz CT molecular complexity index is 1430. The maximum Gasteiger partial charge on any atom is 0.294 e. The first-order valence-electron chi connectivity index (χ1n) is 12.3. The number of piperidine rings is 1. The molecule has 1 fully saturated rings. The first-order chi connectivity index (χ1) is 17.5. The summed E-state index contributed by atoms with van der Waals surface area (Å²) in [6.45, 7) is 4.13. The molecule has 36 heavy (non-hydrogen) atoms. The van der Waals surface area contributed by atoms with Crippen LogP contribution >= 0.6 is 11.6 Å². The van der Waals surface area contributed by atoms with Crippen molar-refractivity contribution in [3.63, 3.8) is 0 Å². The summed E-state index contributed by atoms with van der Waals surface area (Å²) in [4.78, 5) is 33.4. The van der Waals surface area contributed by atoms with Crippen LogP contribution in [0, 0.1) is 12.8 Å². The lowest BCUT2D eigenvalue weighted by Crippen LogP contribution is -2.45. The van der Waals surface area contributed by atoms with Crippen molar-refractivity contribution in [1.82, 2.24) is 14.9 Å². The van der Waals surface area contributed by atoms with Gasteiger partial charge in [0.1, 0.15) is 0 Å². The summed E-state index contributed by atoms with van der Waals surface area (Å²) < 4.78 is 1.80. The van der Waals surface area contributed by atoms with Gasteiger partial charge in [-0.2, -0.15) is 0 Å². The lowest BCUT2D eigenvalue weighted by Gasteiger charge is -2.32. The molecule has 3 aromatic carbocycles. The fourth-order valence-electron chi connectivity index (χ4n) is 4.74. The molecule has 0 spiro atoms. The fourth-order valence-corrected chi connectivity index (χ4v) is 4.86. The van der Waals surface area contributed by atoms with Crippen molar-refractivity contribution in [3.8, 4) is 0 Å². The molecule has 7 heteroatoms. The fraction of sp³-hybridized carbons (Fsp3) is 0.276. The van der Waals surface area contributed by atoms with E-state index in [1.165, 1.54) is 5.56 Å². The molecule has 1 unspecified atom stereocenters. The second-order valence-electron chi connectivity index (χ2n) is 9.43. The molecule has 1 aliphatic rings. The van der Waals surface area contributed by atoms with Crippen molar-refractivity contribution < 1.29 is 4.79 Å². The zero-order chi connectivity index (χ0) is 25.1. The molecule has 184 valence electrons. The molecule has 1 saturated heterocycles. The molecule has 1 amide bonds.